The molecule has 0 radical (unpaired) electrons. The summed E-state index contributed by atoms with van der Waals surface area (Å²) >= 11 is 0. The first-order valence-electron chi connectivity index (χ1n) is 10.5. The third-order valence-electron chi connectivity index (χ3n) is 5.82. The summed E-state index contributed by atoms with van der Waals surface area (Å²) in [6.45, 7) is 3.20. The highest BCUT2D eigenvalue weighted by Crippen LogP contribution is 2.33. The van der Waals surface area contributed by atoms with E-state index < -0.39 is 0 Å². The van der Waals surface area contributed by atoms with Crippen molar-refractivity contribution in [2.75, 3.05) is 11.9 Å². The van der Waals surface area contributed by atoms with Gasteiger partial charge in [0.2, 0.25) is 5.91 Å². The van der Waals surface area contributed by atoms with Crippen molar-refractivity contribution < 1.29 is 14.0 Å². The number of amides is 2. The van der Waals surface area contributed by atoms with E-state index in [2.05, 4.69) is 5.32 Å². The van der Waals surface area contributed by atoms with Gasteiger partial charge in [-0.2, -0.15) is 0 Å². The van der Waals surface area contributed by atoms with Crippen LogP contribution >= 0.6 is 0 Å². The summed E-state index contributed by atoms with van der Waals surface area (Å²) in [6.07, 6.45) is 2.66. The number of anilines is 1. The van der Waals surface area contributed by atoms with Gasteiger partial charge in [0.25, 0.3) is 5.91 Å². The zero-order valence-electron chi connectivity index (χ0n) is 17.0. The smallest absolute Gasteiger partial charge is 0.254 e. The van der Waals surface area contributed by atoms with E-state index in [1.165, 1.54) is 0 Å². The highest BCUT2D eigenvalue weighted by Gasteiger charge is 2.29. The molecule has 0 bridgehead atoms. The zero-order valence-corrected chi connectivity index (χ0v) is 17.0. The molecule has 1 saturated carbocycles. The number of hydrogen-bond acceptors (Lipinski definition) is 3. The molecule has 0 atom stereocenters. The number of benzene rings is 2. The number of furan rings is 1. The van der Waals surface area contributed by atoms with Gasteiger partial charge in [-0.1, -0.05) is 29.8 Å². The van der Waals surface area contributed by atoms with Crippen LogP contribution in [0.15, 0.2) is 59.0 Å². The minimum absolute atomic E-state index is 0.0492. The zero-order chi connectivity index (χ0) is 20.7. The Bertz CT molecular complexity index is 1110. The summed E-state index contributed by atoms with van der Waals surface area (Å²) in [7, 11) is 0. The average Bonchev–Trinajstić information content (AvgIpc) is 3.52. The predicted octanol–water partition coefficient (Wildman–Crippen LogP) is 4.80. The molecular weight excluding hydrogens is 376 g/mol. The Hall–Kier alpha value is -3.34. The second-order valence-corrected chi connectivity index (χ2v) is 8.25. The summed E-state index contributed by atoms with van der Waals surface area (Å²) in [5, 5.41) is 2.99. The SMILES string of the molecule is Cc1ccc(C(=O)N2CCc3oc(-c4cccc(NC(=O)C5CC5)c4)cc3C2)cc1. The van der Waals surface area contributed by atoms with E-state index in [1.807, 2.05) is 66.4 Å². The second kappa shape index (κ2) is 7.48. The number of hydrogen-bond donors (Lipinski definition) is 1. The van der Waals surface area contributed by atoms with E-state index in [0.29, 0.717) is 25.1 Å². The highest BCUT2D eigenvalue weighted by molar-refractivity contribution is 5.95. The topological polar surface area (TPSA) is 62.6 Å². The molecule has 0 unspecified atom stereocenters. The average molecular weight is 400 g/mol. The number of nitrogens with one attached hydrogen (secondary N) is 1. The number of fused-ring (bicyclic) bond motifs is 1. The molecular formula is C25H24N2O3. The lowest BCUT2D eigenvalue weighted by Gasteiger charge is -2.26. The van der Waals surface area contributed by atoms with Gasteiger partial charge in [-0.3, -0.25) is 9.59 Å². The van der Waals surface area contributed by atoms with Crippen LogP contribution in [0.5, 0.6) is 0 Å². The fourth-order valence-electron chi connectivity index (χ4n) is 3.87. The van der Waals surface area contributed by atoms with Crippen molar-refractivity contribution in [1.82, 2.24) is 4.90 Å². The van der Waals surface area contributed by atoms with E-state index >= 15 is 0 Å². The largest absolute Gasteiger partial charge is 0.461 e. The molecule has 5 rings (SSSR count). The van der Waals surface area contributed by atoms with Crippen molar-refractivity contribution in [3.05, 3.63) is 77.0 Å². The van der Waals surface area contributed by atoms with Gasteiger partial charge < -0.3 is 14.6 Å². The number of carbonyl (C=O) groups excluding carboxylic acids is 2. The fourth-order valence-corrected chi connectivity index (χ4v) is 3.87. The lowest BCUT2D eigenvalue weighted by atomic mass is 10.1. The lowest BCUT2D eigenvalue weighted by Crippen LogP contribution is -2.35. The minimum Gasteiger partial charge on any atom is -0.461 e. The maximum absolute atomic E-state index is 12.9. The molecule has 0 saturated heterocycles. The van der Waals surface area contributed by atoms with Gasteiger partial charge in [-0.25, -0.2) is 0 Å². The van der Waals surface area contributed by atoms with Gasteiger partial charge in [0.05, 0.1) is 0 Å². The quantitative estimate of drug-likeness (QED) is 0.684. The summed E-state index contributed by atoms with van der Waals surface area (Å²) in [5.41, 5.74) is 4.61. The molecule has 1 aromatic heterocycles. The van der Waals surface area contributed by atoms with E-state index in [-0.39, 0.29) is 17.7 Å². The Labute approximate surface area is 175 Å². The van der Waals surface area contributed by atoms with Crippen molar-refractivity contribution >= 4 is 17.5 Å². The molecule has 5 heteroatoms. The van der Waals surface area contributed by atoms with Crippen LogP contribution in [-0.4, -0.2) is 23.3 Å². The van der Waals surface area contributed by atoms with E-state index in [4.69, 9.17) is 4.42 Å². The van der Waals surface area contributed by atoms with Gasteiger partial charge in [-0.15, -0.1) is 0 Å². The minimum atomic E-state index is 0.0492. The second-order valence-electron chi connectivity index (χ2n) is 8.25. The monoisotopic (exact) mass is 400 g/mol. The molecule has 1 aliphatic carbocycles. The first-order chi connectivity index (χ1) is 14.6. The molecule has 2 aromatic carbocycles. The van der Waals surface area contributed by atoms with Gasteiger partial charge in [0.1, 0.15) is 11.5 Å². The molecule has 5 nitrogen and oxygen atoms in total. The number of nitrogens with zero attached hydrogens (tertiary/aromatic N) is 1. The number of carbonyl (C=O) groups is 2. The first-order valence-corrected chi connectivity index (χ1v) is 10.5. The Morgan fingerprint density at radius 3 is 2.63 bits per heavy atom. The molecule has 1 aliphatic heterocycles. The van der Waals surface area contributed by atoms with Gasteiger partial charge in [0.15, 0.2) is 0 Å². The van der Waals surface area contributed by atoms with Crippen LogP contribution in [0.25, 0.3) is 11.3 Å². The van der Waals surface area contributed by atoms with Crippen LogP contribution in [-0.2, 0) is 17.8 Å². The molecule has 2 aliphatic rings. The third kappa shape index (κ3) is 3.75. The van der Waals surface area contributed by atoms with Crippen LogP contribution in [0.3, 0.4) is 0 Å². The number of aryl methyl sites for hydroxylation is 1. The summed E-state index contributed by atoms with van der Waals surface area (Å²) in [4.78, 5) is 26.8. The Balaban J connectivity index is 1.33. The molecule has 1 fully saturated rings. The molecule has 3 aromatic rings. The highest BCUT2D eigenvalue weighted by atomic mass is 16.3. The van der Waals surface area contributed by atoms with Crippen LogP contribution in [0.2, 0.25) is 0 Å². The molecule has 1 N–H and O–H groups in total. The summed E-state index contributed by atoms with van der Waals surface area (Å²) in [6, 6.07) is 17.5. The van der Waals surface area contributed by atoms with E-state index in [9.17, 15) is 9.59 Å². The summed E-state index contributed by atoms with van der Waals surface area (Å²) < 4.78 is 6.11. The van der Waals surface area contributed by atoms with Gasteiger partial charge >= 0.3 is 0 Å². The maximum Gasteiger partial charge on any atom is 0.254 e. The first kappa shape index (κ1) is 18.7. The lowest BCUT2D eigenvalue weighted by molar-refractivity contribution is -0.117. The molecule has 2 heterocycles. The normalized spacial score (nSPS) is 15.6. The van der Waals surface area contributed by atoms with E-state index in [0.717, 1.165) is 46.7 Å². The van der Waals surface area contributed by atoms with Crippen LogP contribution in [0, 0.1) is 12.8 Å². The van der Waals surface area contributed by atoms with Gasteiger partial charge in [-0.05, 0) is 50.1 Å². The van der Waals surface area contributed by atoms with Crippen LogP contribution < -0.4 is 5.32 Å². The van der Waals surface area contributed by atoms with Crippen molar-refractivity contribution in [2.45, 2.75) is 32.7 Å². The Kier molecular flexibility index (Phi) is 4.66. The van der Waals surface area contributed by atoms with Crippen LogP contribution in [0.1, 0.15) is 40.1 Å². The van der Waals surface area contributed by atoms with Crippen molar-refractivity contribution in [3.8, 4) is 11.3 Å². The number of rotatable bonds is 4. The predicted molar refractivity (Wildman–Crippen MR) is 115 cm³/mol. The molecule has 30 heavy (non-hydrogen) atoms. The molecule has 2 amide bonds. The molecule has 152 valence electrons. The fraction of sp³-hybridized carbons (Fsp3) is 0.280. The van der Waals surface area contributed by atoms with Crippen LogP contribution in [0.4, 0.5) is 5.69 Å². The van der Waals surface area contributed by atoms with Crippen molar-refractivity contribution in [3.63, 3.8) is 0 Å². The van der Waals surface area contributed by atoms with Crippen molar-refractivity contribution in [1.29, 1.82) is 0 Å². The maximum atomic E-state index is 12.9. The summed E-state index contributed by atoms with van der Waals surface area (Å²) in [5.74, 6) is 2.02. The van der Waals surface area contributed by atoms with Crippen molar-refractivity contribution in [2.24, 2.45) is 5.92 Å². The van der Waals surface area contributed by atoms with E-state index in [1.54, 1.807) is 0 Å². The Morgan fingerprint density at radius 1 is 1.07 bits per heavy atom. The Morgan fingerprint density at radius 2 is 1.87 bits per heavy atom. The molecule has 0 spiro atoms. The standard InChI is InChI=1S/C25H24N2O3/c1-16-5-7-18(8-6-16)25(29)27-12-11-22-20(15-27)14-23(30-22)19-3-2-4-21(13-19)26-24(28)17-9-10-17/h2-8,13-14,17H,9-12,15H2,1H3,(H,26,28). The van der Waals surface area contributed by atoms with Gasteiger partial charge in [0, 0.05) is 47.8 Å². The third-order valence-corrected chi connectivity index (χ3v) is 5.82.